The van der Waals surface area contributed by atoms with Crippen molar-refractivity contribution in [2.45, 2.75) is 51.6 Å². The van der Waals surface area contributed by atoms with E-state index >= 15 is 0 Å². The predicted molar refractivity (Wildman–Crippen MR) is 113 cm³/mol. The summed E-state index contributed by atoms with van der Waals surface area (Å²) in [6, 6.07) is 4.33. The number of halogens is 4. The third-order valence-corrected chi connectivity index (χ3v) is 5.25. The van der Waals surface area contributed by atoms with E-state index in [1.165, 1.54) is 21.9 Å². The van der Waals surface area contributed by atoms with E-state index in [1.807, 2.05) is 0 Å². The molecule has 1 saturated heterocycles. The monoisotopic (exact) mass is 522 g/mol. The van der Waals surface area contributed by atoms with Crippen LogP contribution in [0.3, 0.4) is 0 Å². The quantitative estimate of drug-likeness (QED) is 0.417. The number of likely N-dealkylation sites (tertiary alicyclic amines) is 1. The van der Waals surface area contributed by atoms with Crippen LogP contribution in [-0.4, -0.2) is 63.9 Å². The maximum Gasteiger partial charge on any atom is 0.416 e. The van der Waals surface area contributed by atoms with Crippen molar-refractivity contribution in [2.75, 3.05) is 25.0 Å². The van der Waals surface area contributed by atoms with Crippen molar-refractivity contribution in [3.05, 3.63) is 35.4 Å². The highest BCUT2D eigenvalue weighted by Crippen LogP contribution is 2.34. The number of carbonyl (C=O) groups excluding carboxylic acids is 3. The number of amides is 2. The first-order valence-corrected chi connectivity index (χ1v) is 11.0. The van der Waals surface area contributed by atoms with E-state index in [2.05, 4.69) is 15.9 Å². The van der Waals surface area contributed by atoms with Crippen LogP contribution in [0.1, 0.15) is 38.8 Å². The highest BCUT2D eigenvalue weighted by Gasteiger charge is 2.58. The summed E-state index contributed by atoms with van der Waals surface area (Å²) < 4.78 is 49.1. The number of alkyl halides is 4. The number of rotatable bonds is 6. The molecule has 1 aliphatic rings. The molecule has 7 nitrogen and oxygen atoms in total. The lowest BCUT2D eigenvalue weighted by Crippen LogP contribution is -2.76. The smallest absolute Gasteiger partial charge is 0.416 e. The lowest BCUT2D eigenvalue weighted by molar-refractivity contribution is -0.176. The third-order valence-electron chi connectivity index (χ3n) is 4.77. The second kappa shape index (κ2) is 9.68. The number of hydrogen-bond donors (Lipinski definition) is 0. The zero-order valence-electron chi connectivity index (χ0n) is 18.3. The van der Waals surface area contributed by atoms with Crippen molar-refractivity contribution in [1.29, 1.82) is 0 Å². The standard InChI is InChI=1S/C21H26BrF3N2O5/c1-5-31-17(29)20(12-26(13-20)18(30)32-19(2,3)4)27(16(28)10-22)11-14-6-8-15(9-7-14)21(23,24)25/h6-9H,5,10-13H2,1-4H3. The molecule has 0 aliphatic carbocycles. The molecule has 178 valence electrons. The van der Waals surface area contributed by atoms with Crippen molar-refractivity contribution in [3.8, 4) is 0 Å². The van der Waals surface area contributed by atoms with Gasteiger partial charge in [-0.1, -0.05) is 28.1 Å². The second-order valence-corrected chi connectivity index (χ2v) is 8.96. The maximum absolute atomic E-state index is 12.9. The fraction of sp³-hybridized carbons (Fsp3) is 0.571. The summed E-state index contributed by atoms with van der Waals surface area (Å²) in [6.45, 7) is 6.34. The molecule has 32 heavy (non-hydrogen) atoms. The fourth-order valence-corrected chi connectivity index (χ4v) is 3.55. The van der Waals surface area contributed by atoms with Crippen LogP contribution >= 0.6 is 15.9 Å². The zero-order valence-corrected chi connectivity index (χ0v) is 19.9. The SMILES string of the molecule is CCOC(=O)C1(N(Cc2ccc(C(F)(F)F)cc2)C(=O)CBr)CN(C(=O)OC(C)(C)C)C1. The Morgan fingerprint density at radius 2 is 1.69 bits per heavy atom. The first-order valence-electron chi connectivity index (χ1n) is 9.91. The predicted octanol–water partition coefficient (Wildman–Crippen LogP) is 3.98. The first-order chi connectivity index (χ1) is 14.7. The van der Waals surface area contributed by atoms with Crippen LogP contribution in [0, 0.1) is 0 Å². The minimum Gasteiger partial charge on any atom is -0.464 e. The van der Waals surface area contributed by atoms with Crippen LogP contribution in [0.4, 0.5) is 18.0 Å². The van der Waals surface area contributed by atoms with Crippen LogP contribution in [0.5, 0.6) is 0 Å². The summed E-state index contributed by atoms with van der Waals surface area (Å²) in [7, 11) is 0. The first kappa shape index (κ1) is 26.0. The van der Waals surface area contributed by atoms with E-state index in [-0.39, 0.29) is 31.6 Å². The number of hydrogen-bond acceptors (Lipinski definition) is 5. The van der Waals surface area contributed by atoms with Crippen LogP contribution in [-0.2, 0) is 31.8 Å². The van der Waals surface area contributed by atoms with E-state index in [0.717, 1.165) is 12.1 Å². The highest BCUT2D eigenvalue weighted by molar-refractivity contribution is 9.09. The average Bonchev–Trinajstić information content (AvgIpc) is 2.64. The molecule has 0 radical (unpaired) electrons. The molecule has 0 spiro atoms. The molecule has 0 bridgehead atoms. The van der Waals surface area contributed by atoms with Gasteiger partial charge in [-0.2, -0.15) is 13.2 Å². The molecule has 11 heteroatoms. The zero-order chi connectivity index (χ0) is 24.3. The average molecular weight is 523 g/mol. The topological polar surface area (TPSA) is 76.2 Å². The number of nitrogens with zero attached hydrogens (tertiary/aromatic N) is 2. The van der Waals surface area contributed by atoms with Crippen LogP contribution in [0.2, 0.25) is 0 Å². The van der Waals surface area contributed by atoms with Gasteiger partial charge >= 0.3 is 18.2 Å². The lowest BCUT2D eigenvalue weighted by Gasteiger charge is -2.53. The largest absolute Gasteiger partial charge is 0.464 e. The normalized spacial score (nSPS) is 15.6. The Morgan fingerprint density at radius 3 is 2.12 bits per heavy atom. The van der Waals surface area contributed by atoms with Crippen molar-refractivity contribution < 1.29 is 37.0 Å². The van der Waals surface area contributed by atoms with Crippen LogP contribution < -0.4 is 0 Å². The van der Waals surface area contributed by atoms with E-state index in [1.54, 1.807) is 27.7 Å². The Bertz CT molecular complexity index is 846. The van der Waals surface area contributed by atoms with Crippen molar-refractivity contribution in [3.63, 3.8) is 0 Å². The molecule has 0 atom stereocenters. The van der Waals surface area contributed by atoms with Gasteiger partial charge in [0.1, 0.15) is 5.60 Å². The molecule has 0 N–H and O–H groups in total. The highest BCUT2D eigenvalue weighted by atomic mass is 79.9. The van der Waals surface area contributed by atoms with E-state index in [0.29, 0.717) is 5.56 Å². The molecule has 1 fully saturated rings. The lowest BCUT2D eigenvalue weighted by atomic mass is 9.87. The Kier molecular flexibility index (Phi) is 7.85. The Hall–Kier alpha value is -2.30. The van der Waals surface area contributed by atoms with Gasteiger partial charge in [-0.05, 0) is 45.4 Å². The van der Waals surface area contributed by atoms with Crippen LogP contribution in [0.25, 0.3) is 0 Å². The summed E-state index contributed by atoms with van der Waals surface area (Å²) in [5, 5.41) is -0.124. The van der Waals surface area contributed by atoms with Crippen LogP contribution in [0.15, 0.2) is 24.3 Å². The van der Waals surface area contributed by atoms with E-state index < -0.39 is 40.8 Å². The van der Waals surface area contributed by atoms with Gasteiger partial charge in [0.25, 0.3) is 0 Å². The molecule has 1 aromatic carbocycles. The summed E-state index contributed by atoms with van der Waals surface area (Å²) in [5.41, 5.74) is -2.64. The minimum absolute atomic E-state index is 0.0592. The van der Waals surface area contributed by atoms with Crippen molar-refractivity contribution in [2.24, 2.45) is 0 Å². The van der Waals surface area contributed by atoms with Gasteiger partial charge in [-0.3, -0.25) is 4.79 Å². The summed E-state index contributed by atoms with van der Waals surface area (Å²) >= 11 is 3.09. The number of benzene rings is 1. The summed E-state index contributed by atoms with van der Waals surface area (Å²) in [5.74, 6) is -1.16. The van der Waals surface area contributed by atoms with Crippen molar-refractivity contribution >= 4 is 33.9 Å². The third kappa shape index (κ3) is 5.93. The fourth-order valence-electron chi connectivity index (χ4n) is 3.25. The van der Waals surface area contributed by atoms with E-state index in [9.17, 15) is 27.6 Å². The number of esters is 1. The molecule has 0 unspecified atom stereocenters. The number of carbonyl (C=O) groups is 3. The van der Waals surface area contributed by atoms with Gasteiger partial charge in [0.2, 0.25) is 5.91 Å². The van der Waals surface area contributed by atoms with Gasteiger partial charge in [0, 0.05) is 6.54 Å². The maximum atomic E-state index is 12.9. The minimum atomic E-state index is -4.49. The Morgan fingerprint density at radius 1 is 1.12 bits per heavy atom. The van der Waals surface area contributed by atoms with Gasteiger partial charge in [-0.15, -0.1) is 0 Å². The molecule has 1 aliphatic heterocycles. The summed E-state index contributed by atoms with van der Waals surface area (Å²) in [4.78, 5) is 40.5. The van der Waals surface area contributed by atoms with E-state index in [4.69, 9.17) is 9.47 Å². The van der Waals surface area contributed by atoms with Gasteiger partial charge in [0.05, 0.1) is 30.6 Å². The molecule has 2 amide bonds. The summed E-state index contributed by atoms with van der Waals surface area (Å²) in [6.07, 6.45) is -5.13. The van der Waals surface area contributed by atoms with Crippen molar-refractivity contribution in [1.82, 2.24) is 9.80 Å². The molecule has 1 aromatic rings. The molecular weight excluding hydrogens is 497 g/mol. The Balaban J connectivity index is 2.32. The molecule has 0 aromatic heterocycles. The molecule has 0 saturated carbocycles. The number of ether oxygens (including phenoxy) is 2. The molecular formula is C21H26BrF3N2O5. The second-order valence-electron chi connectivity index (χ2n) is 8.40. The molecule has 1 heterocycles. The van der Waals surface area contributed by atoms with Gasteiger partial charge in [0.15, 0.2) is 5.54 Å². The van der Waals surface area contributed by atoms with Gasteiger partial charge in [-0.25, -0.2) is 9.59 Å². The Labute approximate surface area is 192 Å². The van der Waals surface area contributed by atoms with Gasteiger partial charge < -0.3 is 19.3 Å². The molecule has 2 rings (SSSR count).